The number of hydrazine groups is 1. The predicted molar refractivity (Wildman–Crippen MR) is 71.2 cm³/mol. The minimum absolute atomic E-state index is 0.293. The number of hydrogen-bond donors (Lipinski definition) is 4. The molecule has 0 aromatic carbocycles. The number of rotatable bonds is 6. The lowest BCUT2D eigenvalue weighted by atomic mass is 10.2. The van der Waals surface area contributed by atoms with Crippen LogP contribution in [-0.2, 0) is 6.42 Å². The maximum atomic E-state index is 9.85. The highest BCUT2D eigenvalue weighted by Crippen LogP contribution is 2.32. The first-order valence-corrected chi connectivity index (χ1v) is 6.41. The molecule has 2 rings (SSSR count). The molecular formula is C12H21N5O. The lowest BCUT2D eigenvalue weighted by Gasteiger charge is -2.15. The van der Waals surface area contributed by atoms with Gasteiger partial charge in [0.1, 0.15) is 17.5 Å². The Labute approximate surface area is 107 Å². The van der Waals surface area contributed by atoms with Crippen LogP contribution in [0.25, 0.3) is 0 Å². The van der Waals surface area contributed by atoms with Crippen molar-refractivity contribution in [2.75, 3.05) is 17.3 Å². The minimum atomic E-state index is -0.293. The van der Waals surface area contributed by atoms with Crippen molar-refractivity contribution in [1.82, 2.24) is 9.97 Å². The summed E-state index contributed by atoms with van der Waals surface area (Å²) in [6.45, 7) is 4.42. The zero-order valence-electron chi connectivity index (χ0n) is 10.9. The third-order valence-corrected chi connectivity index (χ3v) is 3.29. The summed E-state index contributed by atoms with van der Waals surface area (Å²) in [5.41, 5.74) is 3.45. The first-order valence-electron chi connectivity index (χ1n) is 6.41. The molecule has 0 spiro atoms. The highest BCUT2D eigenvalue weighted by molar-refractivity contribution is 5.56. The van der Waals surface area contributed by atoms with E-state index in [1.807, 2.05) is 13.8 Å². The van der Waals surface area contributed by atoms with E-state index in [-0.39, 0.29) is 6.10 Å². The fourth-order valence-electron chi connectivity index (χ4n) is 1.88. The van der Waals surface area contributed by atoms with Crippen LogP contribution in [-0.4, -0.2) is 27.7 Å². The van der Waals surface area contributed by atoms with Crippen molar-refractivity contribution in [2.45, 2.75) is 39.2 Å². The van der Waals surface area contributed by atoms with Crippen LogP contribution in [0.2, 0.25) is 0 Å². The number of nitrogen functional groups attached to an aromatic ring is 1. The minimum Gasteiger partial charge on any atom is -0.391 e. The van der Waals surface area contributed by atoms with Gasteiger partial charge in [-0.2, -0.15) is 0 Å². The lowest BCUT2D eigenvalue weighted by Crippen LogP contribution is -2.23. The Morgan fingerprint density at radius 2 is 2.06 bits per heavy atom. The number of nitrogens with two attached hydrogens (primary N) is 1. The van der Waals surface area contributed by atoms with Gasteiger partial charge in [0.15, 0.2) is 0 Å². The average molecular weight is 251 g/mol. The van der Waals surface area contributed by atoms with Crippen LogP contribution in [0.5, 0.6) is 0 Å². The smallest absolute Gasteiger partial charge is 0.148 e. The molecule has 1 heterocycles. The second-order valence-corrected chi connectivity index (χ2v) is 4.75. The van der Waals surface area contributed by atoms with Crippen LogP contribution in [0.1, 0.15) is 31.2 Å². The fourth-order valence-corrected chi connectivity index (χ4v) is 1.88. The molecule has 0 amide bonds. The molecular weight excluding hydrogens is 230 g/mol. The summed E-state index contributed by atoms with van der Waals surface area (Å²) in [7, 11) is 0. The van der Waals surface area contributed by atoms with Gasteiger partial charge in [-0.15, -0.1) is 0 Å². The van der Waals surface area contributed by atoms with Crippen LogP contribution in [0.15, 0.2) is 0 Å². The largest absolute Gasteiger partial charge is 0.391 e. The van der Waals surface area contributed by atoms with Gasteiger partial charge in [-0.1, -0.05) is 6.92 Å². The summed E-state index contributed by atoms with van der Waals surface area (Å²) in [5, 5.41) is 13.0. The average Bonchev–Trinajstić information content (AvgIpc) is 3.21. The van der Waals surface area contributed by atoms with E-state index in [1.165, 1.54) is 0 Å². The normalized spacial score (nSPS) is 16.4. The van der Waals surface area contributed by atoms with Crippen LogP contribution in [0, 0.1) is 12.8 Å². The maximum absolute atomic E-state index is 9.85. The van der Waals surface area contributed by atoms with Crippen molar-refractivity contribution in [3.8, 4) is 0 Å². The van der Waals surface area contributed by atoms with E-state index in [0.717, 1.165) is 36.5 Å². The molecule has 5 N–H and O–H groups in total. The molecule has 0 aliphatic heterocycles. The number of hydrogen-bond acceptors (Lipinski definition) is 6. The van der Waals surface area contributed by atoms with E-state index < -0.39 is 0 Å². The molecule has 1 aliphatic carbocycles. The van der Waals surface area contributed by atoms with E-state index in [2.05, 4.69) is 20.7 Å². The van der Waals surface area contributed by atoms with Crippen molar-refractivity contribution in [1.29, 1.82) is 0 Å². The molecule has 1 atom stereocenters. The van der Waals surface area contributed by atoms with Gasteiger partial charge < -0.3 is 15.8 Å². The third-order valence-electron chi connectivity index (χ3n) is 3.29. The van der Waals surface area contributed by atoms with Gasteiger partial charge in [-0.3, -0.25) is 0 Å². The standard InChI is InChI=1S/C12H21N5O/c1-3-10-15-11(7(2)12(16-10)17-13)14-6-9(18)8-4-5-8/h8-9,18H,3-6,13H2,1-2H3,(H2,14,15,16,17). The third kappa shape index (κ3) is 2.88. The van der Waals surface area contributed by atoms with E-state index in [4.69, 9.17) is 5.84 Å². The molecule has 0 saturated heterocycles. The van der Waals surface area contributed by atoms with Crippen molar-refractivity contribution in [2.24, 2.45) is 11.8 Å². The summed E-state index contributed by atoms with van der Waals surface area (Å²) in [6, 6.07) is 0. The molecule has 0 bridgehead atoms. The van der Waals surface area contributed by atoms with Gasteiger partial charge in [0.25, 0.3) is 0 Å². The molecule has 1 aromatic rings. The molecule has 100 valence electrons. The van der Waals surface area contributed by atoms with Crippen LogP contribution < -0.4 is 16.6 Å². The van der Waals surface area contributed by atoms with Gasteiger partial charge in [-0.05, 0) is 25.7 Å². The first kappa shape index (κ1) is 13.0. The monoisotopic (exact) mass is 251 g/mol. The zero-order valence-corrected chi connectivity index (χ0v) is 10.9. The fraction of sp³-hybridized carbons (Fsp3) is 0.667. The highest BCUT2D eigenvalue weighted by Gasteiger charge is 2.29. The van der Waals surface area contributed by atoms with Crippen LogP contribution >= 0.6 is 0 Å². The van der Waals surface area contributed by atoms with Crippen molar-refractivity contribution >= 4 is 11.6 Å². The number of nitrogens with zero attached hydrogens (tertiary/aromatic N) is 2. The van der Waals surface area contributed by atoms with Gasteiger partial charge in [-0.25, -0.2) is 15.8 Å². The van der Waals surface area contributed by atoms with Crippen LogP contribution in [0.3, 0.4) is 0 Å². The number of nitrogens with one attached hydrogen (secondary N) is 2. The number of aliphatic hydroxyl groups is 1. The molecule has 1 unspecified atom stereocenters. The molecule has 1 fully saturated rings. The summed E-state index contributed by atoms with van der Waals surface area (Å²) < 4.78 is 0. The SMILES string of the molecule is CCc1nc(NN)c(C)c(NCC(O)C2CC2)n1. The maximum Gasteiger partial charge on any atom is 0.148 e. The lowest BCUT2D eigenvalue weighted by molar-refractivity contribution is 0.164. The van der Waals surface area contributed by atoms with Gasteiger partial charge in [0.05, 0.1) is 6.10 Å². The summed E-state index contributed by atoms with van der Waals surface area (Å²) in [6.07, 6.45) is 2.70. The Morgan fingerprint density at radius 1 is 1.39 bits per heavy atom. The predicted octanol–water partition coefficient (Wildman–Crippen LogP) is 0.816. The second-order valence-electron chi connectivity index (χ2n) is 4.75. The van der Waals surface area contributed by atoms with Crippen molar-refractivity contribution < 1.29 is 5.11 Å². The van der Waals surface area contributed by atoms with E-state index in [1.54, 1.807) is 0 Å². The number of anilines is 2. The second kappa shape index (κ2) is 5.49. The Hall–Kier alpha value is -1.40. The Morgan fingerprint density at radius 3 is 2.61 bits per heavy atom. The molecule has 6 heteroatoms. The first-order chi connectivity index (χ1) is 8.65. The van der Waals surface area contributed by atoms with Crippen molar-refractivity contribution in [3.05, 3.63) is 11.4 Å². The molecule has 6 nitrogen and oxygen atoms in total. The molecule has 0 radical (unpaired) electrons. The van der Waals surface area contributed by atoms with E-state index >= 15 is 0 Å². The Bertz CT molecular complexity index is 419. The number of aliphatic hydroxyl groups excluding tert-OH is 1. The molecule has 18 heavy (non-hydrogen) atoms. The quantitative estimate of drug-likeness (QED) is 0.441. The van der Waals surface area contributed by atoms with E-state index in [9.17, 15) is 5.11 Å². The van der Waals surface area contributed by atoms with Crippen LogP contribution in [0.4, 0.5) is 11.6 Å². The number of aromatic nitrogens is 2. The summed E-state index contributed by atoms with van der Waals surface area (Å²) in [5.74, 6) is 8.00. The van der Waals surface area contributed by atoms with Gasteiger partial charge >= 0.3 is 0 Å². The van der Waals surface area contributed by atoms with Gasteiger partial charge in [0, 0.05) is 18.5 Å². The number of aryl methyl sites for hydroxylation is 1. The summed E-state index contributed by atoms with van der Waals surface area (Å²) in [4.78, 5) is 8.72. The summed E-state index contributed by atoms with van der Waals surface area (Å²) >= 11 is 0. The molecule has 1 saturated carbocycles. The topological polar surface area (TPSA) is 96.1 Å². The highest BCUT2D eigenvalue weighted by atomic mass is 16.3. The van der Waals surface area contributed by atoms with Gasteiger partial charge in [0.2, 0.25) is 0 Å². The Balaban J connectivity index is 2.09. The Kier molecular flexibility index (Phi) is 3.98. The van der Waals surface area contributed by atoms with E-state index in [0.29, 0.717) is 18.3 Å². The molecule has 1 aliphatic rings. The zero-order chi connectivity index (χ0) is 13.1. The molecule has 1 aromatic heterocycles. The van der Waals surface area contributed by atoms with Crippen molar-refractivity contribution in [3.63, 3.8) is 0 Å².